The highest BCUT2D eigenvalue weighted by atomic mass is 32.2. The number of benzene rings is 5. The van der Waals surface area contributed by atoms with E-state index < -0.39 is 66.8 Å². The molecule has 304 valence electrons. The first-order chi connectivity index (χ1) is 28.5. The van der Waals surface area contributed by atoms with Crippen molar-refractivity contribution in [2.24, 2.45) is 5.73 Å². The fraction of sp³-hybridized carbons (Fsp3) is 0.362. The highest BCUT2D eigenvalue weighted by molar-refractivity contribution is 7.99. The topological polar surface area (TPSA) is 120 Å². The molecule has 0 unspecified atom stereocenters. The average Bonchev–Trinajstić information content (AvgIpc) is 3.27. The third kappa shape index (κ3) is 10.2. The zero-order valence-corrected chi connectivity index (χ0v) is 33.3. The van der Waals surface area contributed by atoms with Crippen LogP contribution in [0, 0.1) is 6.92 Å². The Balaban J connectivity index is 1.09. The third-order valence-electron chi connectivity index (χ3n) is 10.6. The van der Waals surface area contributed by atoms with Gasteiger partial charge in [0.05, 0.1) is 39.1 Å². The molecule has 10 nitrogen and oxygen atoms in total. The lowest BCUT2D eigenvalue weighted by Crippen LogP contribution is -2.67. The van der Waals surface area contributed by atoms with E-state index in [0.29, 0.717) is 6.61 Å². The van der Waals surface area contributed by atoms with Gasteiger partial charge in [0.2, 0.25) is 0 Å². The minimum absolute atomic E-state index is 0.143. The Morgan fingerprint density at radius 1 is 0.655 bits per heavy atom. The van der Waals surface area contributed by atoms with Gasteiger partial charge >= 0.3 is 0 Å². The van der Waals surface area contributed by atoms with Crippen LogP contribution in [-0.2, 0) is 57.7 Å². The number of hydrogen-bond donors (Lipinski definition) is 2. The lowest BCUT2D eigenvalue weighted by molar-refractivity contribution is -0.361. The molecular weight excluding hydrogens is 755 g/mol. The van der Waals surface area contributed by atoms with E-state index >= 15 is 0 Å². The van der Waals surface area contributed by atoms with Crippen molar-refractivity contribution in [2.45, 2.75) is 98.4 Å². The number of fused-ring (bicyclic) bond motifs is 1. The smallest absolute Gasteiger partial charge is 0.187 e. The van der Waals surface area contributed by atoms with E-state index in [1.54, 1.807) is 0 Å². The number of aliphatic hydroxyl groups excluding tert-OH is 1. The molecule has 3 heterocycles. The van der Waals surface area contributed by atoms with Crippen LogP contribution in [0.5, 0.6) is 0 Å². The van der Waals surface area contributed by atoms with Crippen LogP contribution in [0.1, 0.15) is 34.1 Å². The van der Waals surface area contributed by atoms with Gasteiger partial charge in [-0.05, 0) is 35.7 Å². The molecule has 58 heavy (non-hydrogen) atoms. The number of hydrogen-bond acceptors (Lipinski definition) is 11. The van der Waals surface area contributed by atoms with Crippen molar-refractivity contribution < 1.29 is 43.0 Å². The first kappa shape index (κ1) is 40.8. The number of nitrogens with two attached hydrogens (primary N) is 1. The minimum Gasteiger partial charge on any atom is -0.385 e. The van der Waals surface area contributed by atoms with Crippen molar-refractivity contribution in [3.63, 3.8) is 0 Å². The number of ether oxygens (including phenoxy) is 8. The highest BCUT2D eigenvalue weighted by Gasteiger charge is 2.54. The summed E-state index contributed by atoms with van der Waals surface area (Å²) in [6.07, 6.45) is -7.37. The largest absolute Gasteiger partial charge is 0.385 e. The molecule has 3 N–H and O–H groups in total. The number of thioether (sulfide) groups is 1. The first-order valence-corrected chi connectivity index (χ1v) is 20.7. The molecule has 5 aromatic carbocycles. The van der Waals surface area contributed by atoms with Crippen LogP contribution in [0.15, 0.2) is 150 Å². The van der Waals surface area contributed by atoms with Crippen LogP contribution in [0.2, 0.25) is 0 Å². The number of rotatable bonds is 15. The zero-order chi connectivity index (χ0) is 39.7. The van der Waals surface area contributed by atoms with E-state index in [-0.39, 0.29) is 26.4 Å². The second-order valence-corrected chi connectivity index (χ2v) is 16.1. The maximum absolute atomic E-state index is 12.3. The summed E-state index contributed by atoms with van der Waals surface area (Å²) in [5, 5.41) is 12.3. The molecule has 0 amide bonds. The van der Waals surface area contributed by atoms with Gasteiger partial charge in [-0.25, -0.2) is 0 Å². The Morgan fingerprint density at radius 3 is 1.84 bits per heavy atom. The summed E-state index contributed by atoms with van der Waals surface area (Å²) in [5.41, 5.74) is 11.6. The molecule has 0 radical (unpaired) electrons. The summed E-state index contributed by atoms with van der Waals surface area (Å²) < 4.78 is 52.7. The predicted octanol–water partition coefficient (Wildman–Crippen LogP) is 7.11. The van der Waals surface area contributed by atoms with Gasteiger partial charge in [0.15, 0.2) is 12.6 Å². The van der Waals surface area contributed by atoms with E-state index in [9.17, 15) is 5.11 Å². The Kier molecular flexibility index (Phi) is 14.0. The van der Waals surface area contributed by atoms with E-state index in [4.69, 9.17) is 43.6 Å². The van der Waals surface area contributed by atoms with E-state index in [1.165, 1.54) is 11.8 Å². The highest BCUT2D eigenvalue weighted by Crippen LogP contribution is 2.41. The second kappa shape index (κ2) is 19.9. The van der Waals surface area contributed by atoms with Crippen LogP contribution in [0.25, 0.3) is 0 Å². The molecule has 0 aliphatic carbocycles. The van der Waals surface area contributed by atoms with E-state index in [0.717, 1.165) is 32.7 Å². The molecule has 0 saturated carbocycles. The van der Waals surface area contributed by atoms with Crippen LogP contribution in [-0.4, -0.2) is 78.8 Å². The standard InChI is InChI=1S/C47H51NO9S/c1-31-22-24-36(25-23-31)58-47-39(48)43(42-38(55-47)30-53-45(56-42)35-20-12-5-13-21-35)57-46-40(49)44(52-28-34-18-10-4-11-19-34)41(51-27-33-16-8-3-9-17-33)37(54-46)29-50-26-32-14-6-2-7-15-32/h2-25,37-47,49H,26-30,48H2,1H3/t37-,38-,39-,40-,41+,42+,43-,44-,45+,46+,47+/m1/s1. The Bertz CT molecular complexity index is 1960. The lowest BCUT2D eigenvalue weighted by Gasteiger charge is -2.51. The molecule has 3 fully saturated rings. The molecule has 0 bridgehead atoms. The normalized spacial score (nSPS) is 29.7. The monoisotopic (exact) mass is 805 g/mol. The SMILES string of the molecule is Cc1ccc(S[C@@H]2O[C@@H]3CO[C@H](c4ccccc4)O[C@@H]3[C@H](O[C@@H]3O[C@H](COCc4ccccc4)[C@H](OCc4ccccc4)[C@H](OCc4ccccc4)[C@H]3O)[C@H]2N)cc1. The molecule has 11 heteroatoms. The first-order valence-electron chi connectivity index (χ1n) is 19.9. The lowest BCUT2D eigenvalue weighted by atomic mass is 9.95. The fourth-order valence-electron chi connectivity index (χ4n) is 7.49. The van der Waals surface area contributed by atoms with Gasteiger partial charge in [-0.3, -0.25) is 0 Å². The van der Waals surface area contributed by atoms with Crippen molar-refractivity contribution in [1.82, 2.24) is 0 Å². The molecule has 0 aromatic heterocycles. The van der Waals surface area contributed by atoms with Crippen molar-refractivity contribution in [1.29, 1.82) is 0 Å². The summed E-state index contributed by atoms with van der Waals surface area (Å²) in [6.45, 7) is 3.31. The Labute approximate surface area is 344 Å². The van der Waals surface area contributed by atoms with Crippen molar-refractivity contribution in [3.8, 4) is 0 Å². The van der Waals surface area contributed by atoms with Crippen LogP contribution < -0.4 is 5.73 Å². The fourth-order valence-corrected chi connectivity index (χ4v) is 8.56. The second-order valence-electron chi connectivity index (χ2n) is 14.9. The molecule has 5 aromatic rings. The molecule has 3 aliphatic rings. The van der Waals surface area contributed by atoms with Gasteiger partial charge < -0.3 is 48.7 Å². The number of aliphatic hydroxyl groups is 1. The van der Waals surface area contributed by atoms with Gasteiger partial charge in [-0.1, -0.05) is 151 Å². The molecule has 3 aliphatic heterocycles. The molecule has 11 atom stereocenters. The Hall–Kier alpha value is -3.95. The van der Waals surface area contributed by atoms with Gasteiger partial charge in [0.1, 0.15) is 48.2 Å². The van der Waals surface area contributed by atoms with E-state index in [1.807, 2.05) is 121 Å². The average molecular weight is 806 g/mol. The summed E-state index contributed by atoms with van der Waals surface area (Å²) in [4.78, 5) is 1.00. The van der Waals surface area contributed by atoms with Crippen LogP contribution in [0.3, 0.4) is 0 Å². The third-order valence-corrected chi connectivity index (χ3v) is 11.8. The number of aryl methyl sites for hydroxylation is 1. The summed E-state index contributed by atoms with van der Waals surface area (Å²) in [6, 6.07) is 46.9. The molecule has 3 saturated heterocycles. The maximum Gasteiger partial charge on any atom is 0.187 e. The molecule has 8 rings (SSSR count). The quantitative estimate of drug-likeness (QED) is 0.113. The summed E-state index contributed by atoms with van der Waals surface area (Å²) in [7, 11) is 0. The van der Waals surface area contributed by atoms with Gasteiger partial charge in [-0.2, -0.15) is 0 Å². The van der Waals surface area contributed by atoms with Gasteiger partial charge in [0.25, 0.3) is 0 Å². The maximum atomic E-state index is 12.3. The van der Waals surface area contributed by atoms with Gasteiger partial charge in [0, 0.05) is 10.5 Å². The molecular formula is C47H51NO9S. The Morgan fingerprint density at radius 2 is 1.22 bits per heavy atom. The van der Waals surface area contributed by atoms with Crippen molar-refractivity contribution in [2.75, 3.05) is 13.2 Å². The van der Waals surface area contributed by atoms with Crippen LogP contribution >= 0.6 is 11.8 Å². The summed E-state index contributed by atoms with van der Waals surface area (Å²) in [5.74, 6) is 0. The van der Waals surface area contributed by atoms with Gasteiger partial charge in [-0.15, -0.1) is 0 Å². The van der Waals surface area contributed by atoms with E-state index in [2.05, 4.69) is 31.2 Å². The predicted molar refractivity (Wildman–Crippen MR) is 219 cm³/mol. The minimum atomic E-state index is -1.28. The zero-order valence-electron chi connectivity index (χ0n) is 32.4. The summed E-state index contributed by atoms with van der Waals surface area (Å²) >= 11 is 1.52. The van der Waals surface area contributed by atoms with Crippen LogP contribution in [0.4, 0.5) is 0 Å². The molecule has 0 spiro atoms. The van der Waals surface area contributed by atoms with Crippen molar-refractivity contribution >= 4 is 11.8 Å². The van der Waals surface area contributed by atoms with Crippen molar-refractivity contribution in [3.05, 3.63) is 173 Å².